The number of carbonyl (C=O) groups excluding carboxylic acids is 1. The van der Waals surface area contributed by atoms with Crippen LogP contribution < -0.4 is 4.74 Å². The molecule has 5 heteroatoms. The van der Waals surface area contributed by atoms with Crippen molar-refractivity contribution in [3.8, 4) is 5.88 Å². The number of hydrogen-bond donors (Lipinski definition) is 0. The monoisotopic (exact) mass is 297 g/mol. The van der Waals surface area contributed by atoms with Gasteiger partial charge >= 0.3 is 0 Å². The largest absolute Gasteiger partial charge is 0.473 e. The van der Waals surface area contributed by atoms with Gasteiger partial charge in [0, 0.05) is 43.8 Å². The van der Waals surface area contributed by atoms with Gasteiger partial charge in [0.25, 0.3) is 5.91 Å². The van der Waals surface area contributed by atoms with Gasteiger partial charge in [-0.15, -0.1) is 5.10 Å². The molecule has 0 saturated carbocycles. The van der Waals surface area contributed by atoms with Gasteiger partial charge in [0.05, 0.1) is 0 Å². The molecular formula is C17H19N3O2. The van der Waals surface area contributed by atoms with Crippen LogP contribution in [0.3, 0.4) is 0 Å². The number of carbonyl (C=O) groups is 1. The molecule has 1 aliphatic rings. The average Bonchev–Trinajstić information content (AvgIpc) is 2.57. The summed E-state index contributed by atoms with van der Waals surface area (Å²) >= 11 is 0. The van der Waals surface area contributed by atoms with Gasteiger partial charge in [-0.3, -0.25) is 4.79 Å². The molecule has 1 aromatic carbocycles. The molecule has 1 aromatic heterocycles. The van der Waals surface area contributed by atoms with E-state index in [4.69, 9.17) is 4.74 Å². The van der Waals surface area contributed by atoms with E-state index >= 15 is 0 Å². The van der Waals surface area contributed by atoms with Crippen molar-refractivity contribution >= 4 is 5.91 Å². The second-order valence-corrected chi connectivity index (χ2v) is 5.54. The minimum Gasteiger partial charge on any atom is -0.473 e. The highest BCUT2D eigenvalue weighted by atomic mass is 16.5. The third-order valence-electron chi connectivity index (χ3n) is 3.86. The lowest BCUT2D eigenvalue weighted by Gasteiger charge is -2.31. The summed E-state index contributed by atoms with van der Waals surface area (Å²) in [6, 6.07) is 11.3. The first-order chi connectivity index (χ1) is 10.7. The van der Waals surface area contributed by atoms with Crippen LogP contribution in [-0.4, -0.2) is 40.2 Å². The van der Waals surface area contributed by atoms with Crippen LogP contribution in [-0.2, 0) is 0 Å². The van der Waals surface area contributed by atoms with Crippen LogP contribution in [0.2, 0.25) is 0 Å². The third kappa shape index (κ3) is 3.42. The molecule has 5 nitrogen and oxygen atoms in total. The zero-order valence-electron chi connectivity index (χ0n) is 12.6. The predicted octanol–water partition coefficient (Wildman–Crippen LogP) is 2.47. The van der Waals surface area contributed by atoms with Gasteiger partial charge in [0.2, 0.25) is 5.88 Å². The number of ether oxygens (including phenoxy) is 1. The molecule has 0 radical (unpaired) electrons. The lowest BCUT2D eigenvalue weighted by molar-refractivity contribution is 0.0586. The molecule has 3 rings (SSSR count). The Bertz CT molecular complexity index is 620. The highest BCUT2D eigenvalue weighted by Crippen LogP contribution is 2.18. The molecule has 22 heavy (non-hydrogen) atoms. The Morgan fingerprint density at radius 2 is 1.91 bits per heavy atom. The van der Waals surface area contributed by atoms with Crippen LogP contribution >= 0.6 is 0 Å². The Hall–Kier alpha value is -2.43. The molecule has 0 bridgehead atoms. The molecule has 0 unspecified atom stereocenters. The summed E-state index contributed by atoms with van der Waals surface area (Å²) in [7, 11) is 0. The first-order valence-corrected chi connectivity index (χ1v) is 7.53. The lowest BCUT2D eigenvalue weighted by Crippen LogP contribution is -2.41. The van der Waals surface area contributed by atoms with E-state index in [0.717, 1.165) is 24.0 Å². The number of aryl methyl sites for hydroxylation is 1. The molecule has 0 spiro atoms. The fourth-order valence-corrected chi connectivity index (χ4v) is 2.58. The second kappa shape index (κ2) is 6.56. The van der Waals surface area contributed by atoms with E-state index in [0.29, 0.717) is 19.0 Å². The fraction of sp³-hybridized carbons (Fsp3) is 0.353. The summed E-state index contributed by atoms with van der Waals surface area (Å²) in [6.07, 6.45) is 3.34. The molecule has 114 valence electrons. The van der Waals surface area contributed by atoms with Gasteiger partial charge < -0.3 is 9.64 Å². The minimum absolute atomic E-state index is 0.0953. The zero-order chi connectivity index (χ0) is 15.4. The molecule has 0 atom stereocenters. The number of rotatable bonds is 3. The Morgan fingerprint density at radius 3 is 2.55 bits per heavy atom. The van der Waals surface area contributed by atoms with Crippen LogP contribution in [0.25, 0.3) is 0 Å². The molecule has 0 N–H and O–H groups in total. The van der Waals surface area contributed by atoms with Crippen molar-refractivity contribution in [1.82, 2.24) is 15.1 Å². The van der Waals surface area contributed by atoms with E-state index in [9.17, 15) is 4.79 Å². The van der Waals surface area contributed by atoms with Gasteiger partial charge in [0.1, 0.15) is 6.10 Å². The smallest absolute Gasteiger partial charge is 0.253 e. The van der Waals surface area contributed by atoms with E-state index < -0.39 is 0 Å². The number of nitrogens with zero attached hydrogens (tertiary/aromatic N) is 3. The topological polar surface area (TPSA) is 55.3 Å². The average molecular weight is 297 g/mol. The maximum Gasteiger partial charge on any atom is 0.253 e. The van der Waals surface area contributed by atoms with E-state index in [1.807, 2.05) is 36.1 Å². The van der Waals surface area contributed by atoms with Crippen molar-refractivity contribution in [1.29, 1.82) is 0 Å². The highest BCUT2D eigenvalue weighted by molar-refractivity contribution is 5.94. The number of hydrogen-bond acceptors (Lipinski definition) is 4. The summed E-state index contributed by atoms with van der Waals surface area (Å²) in [5.74, 6) is 0.642. The van der Waals surface area contributed by atoms with Crippen molar-refractivity contribution in [2.75, 3.05) is 13.1 Å². The second-order valence-electron chi connectivity index (χ2n) is 5.54. The summed E-state index contributed by atoms with van der Waals surface area (Å²) in [5.41, 5.74) is 1.91. The molecule has 0 aliphatic carbocycles. The minimum atomic E-state index is 0.0953. The number of benzene rings is 1. The van der Waals surface area contributed by atoms with Crippen molar-refractivity contribution in [3.63, 3.8) is 0 Å². The molecule has 1 saturated heterocycles. The quantitative estimate of drug-likeness (QED) is 0.873. The molecule has 1 fully saturated rings. The summed E-state index contributed by atoms with van der Waals surface area (Å²) in [5, 5.41) is 7.73. The molecule has 2 aromatic rings. The summed E-state index contributed by atoms with van der Waals surface area (Å²) < 4.78 is 5.79. The van der Waals surface area contributed by atoms with Gasteiger partial charge in [-0.1, -0.05) is 17.7 Å². The van der Waals surface area contributed by atoms with Gasteiger partial charge in [0.15, 0.2) is 0 Å². The molecule has 1 aliphatic heterocycles. The van der Waals surface area contributed by atoms with Crippen molar-refractivity contribution in [3.05, 3.63) is 53.7 Å². The van der Waals surface area contributed by atoms with Gasteiger partial charge in [-0.05, 0) is 25.1 Å². The number of aromatic nitrogens is 2. The maximum atomic E-state index is 12.4. The standard InChI is InChI=1S/C17H19N3O2/c1-13-4-6-14(7-5-13)17(21)20-11-8-15(9-12-20)22-16-3-2-10-18-19-16/h2-7,10,15H,8-9,11-12H2,1H3. The van der Waals surface area contributed by atoms with E-state index in [1.54, 1.807) is 18.3 Å². The Balaban J connectivity index is 1.55. The van der Waals surface area contributed by atoms with Crippen molar-refractivity contribution in [2.24, 2.45) is 0 Å². The first kappa shape index (κ1) is 14.5. The summed E-state index contributed by atoms with van der Waals surface area (Å²) in [6.45, 7) is 3.43. The van der Waals surface area contributed by atoms with E-state index in [-0.39, 0.29) is 12.0 Å². The third-order valence-corrected chi connectivity index (χ3v) is 3.86. The molecular weight excluding hydrogens is 278 g/mol. The van der Waals surface area contributed by atoms with Crippen LogP contribution in [0.5, 0.6) is 5.88 Å². The zero-order valence-corrected chi connectivity index (χ0v) is 12.6. The molecule has 2 heterocycles. The van der Waals surface area contributed by atoms with Crippen LogP contribution in [0.1, 0.15) is 28.8 Å². The van der Waals surface area contributed by atoms with Gasteiger partial charge in [-0.25, -0.2) is 0 Å². The number of likely N-dealkylation sites (tertiary alicyclic amines) is 1. The first-order valence-electron chi connectivity index (χ1n) is 7.53. The van der Waals surface area contributed by atoms with Crippen LogP contribution in [0.4, 0.5) is 0 Å². The Kier molecular flexibility index (Phi) is 4.32. The van der Waals surface area contributed by atoms with Crippen molar-refractivity contribution < 1.29 is 9.53 Å². The van der Waals surface area contributed by atoms with Crippen LogP contribution in [0, 0.1) is 6.92 Å². The normalized spacial score (nSPS) is 15.6. The van der Waals surface area contributed by atoms with Gasteiger partial charge in [-0.2, -0.15) is 5.10 Å². The van der Waals surface area contributed by atoms with E-state index in [2.05, 4.69) is 10.2 Å². The Morgan fingerprint density at radius 1 is 1.18 bits per heavy atom. The SMILES string of the molecule is Cc1ccc(C(=O)N2CCC(Oc3cccnn3)CC2)cc1. The Labute approximate surface area is 129 Å². The summed E-state index contributed by atoms with van der Waals surface area (Å²) in [4.78, 5) is 14.3. The van der Waals surface area contributed by atoms with E-state index in [1.165, 1.54) is 0 Å². The predicted molar refractivity (Wildman–Crippen MR) is 82.8 cm³/mol. The fourth-order valence-electron chi connectivity index (χ4n) is 2.58. The van der Waals surface area contributed by atoms with Crippen LogP contribution in [0.15, 0.2) is 42.6 Å². The maximum absolute atomic E-state index is 12.4. The number of piperidine rings is 1. The lowest BCUT2D eigenvalue weighted by atomic mass is 10.1. The number of amides is 1. The highest BCUT2D eigenvalue weighted by Gasteiger charge is 2.24. The molecule has 1 amide bonds. The van der Waals surface area contributed by atoms with Crippen molar-refractivity contribution in [2.45, 2.75) is 25.9 Å².